The Morgan fingerprint density at radius 1 is 1.33 bits per heavy atom. The van der Waals surface area contributed by atoms with Crippen LogP contribution in [-0.2, 0) is 9.53 Å². The van der Waals surface area contributed by atoms with Gasteiger partial charge in [-0.15, -0.1) is 0 Å². The average molecular weight is 345 g/mol. The van der Waals surface area contributed by atoms with Crippen LogP contribution in [0.25, 0.3) is 0 Å². The molecule has 1 aliphatic heterocycles. The Morgan fingerprint density at radius 2 is 2.12 bits per heavy atom. The smallest absolute Gasteiger partial charge is 0.338 e. The molecule has 0 aliphatic carbocycles. The van der Waals surface area contributed by atoms with E-state index in [-0.39, 0.29) is 0 Å². The van der Waals surface area contributed by atoms with Crippen molar-refractivity contribution in [1.82, 2.24) is 5.32 Å². The first-order valence-electron chi connectivity index (χ1n) is 7.62. The number of aliphatic imine (C=N–C) groups is 1. The molecule has 3 rings (SSSR count). The number of nitrogens with zero attached hydrogens (tertiary/aromatic N) is 1. The van der Waals surface area contributed by atoms with Gasteiger partial charge in [0.15, 0.2) is 11.6 Å². The number of allylic oxidation sites excluding steroid dienone is 1. The highest BCUT2D eigenvalue weighted by Gasteiger charge is 2.32. The second-order valence-corrected chi connectivity index (χ2v) is 5.67. The van der Waals surface area contributed by atoms with E-state index in [1.165, 1.54) is 0 Å². The highest BCUT2D eigenvalue weighted by molar-refractivity contribution is 6.31. The van der Waals surface area contributed by atoms with Crippen LogP contribution >= 0.6 is 11.6 Å². The van der Waals surface area contributed by atoms with Crippen molar-refractivity contribution in [3.05, 3.63) is 70.3 Å². The minimum atomic E-state index is -0.556. The first kappa shape index (κ1) is 16.3. The van der Waals surface area contributed by atoms with Crippen molar-refractivity contribution in [2.75, 3.05) is 6.61 Å². The van der Waals surface area contributed by atoms with Crippen LogP contribution in [-0.4, -0.2) is 18.4 Å². The number of ether oxygens (including phenoxy) is 1. The average Bonchev–Trinajstić information content (AvgIpc) is 3.09. The first-order chi connectivity index (χ1) is 11.6. The summed E-state index contributed by atoms with van der Waals surface area (Å²) in [7, 11) is 0. The van der Waals surface area contributed by atoms with E-state index in [4.69, 9.17) is 20.8 Å². The number of esters is 1. The molecule has 0 fully saturated rings. The van der Waals surface area contributed by atoms with Crippen LogP contribution in [0.1, 0.15) is 31.2 Å². The van der Waals surface area contributed by atoms with E-state index in [2.05, 4.69) is 10.3 Å². The SMILES string of the molecule is CCOC(=O)C1=C(C)NC(c2ccco2)=NC1c1ccccc1Cl. The van der Waals surface area contributed by atoms with Gasteiger partial charge in [-0.2, -0.15) is 0 Å². The zero-order valence-electron chi connectivity index (χ0n) is 13.4. The summed E-state index contributed by atoms with van der Waals surface area (Å²) in [5.41, 5.74) is 1.85. The van der Waals surface area contributed by atoms with Gasteiger partial charge in [0.1, 0.15) is 6.04 Å². The molecule has 0 bridgehead atoms. The lowest BCUT2D eigenvalue weighted by Crippen LogP contribution is -2.32. The van der Waals surface area contributed by atoms with E-state index < -0.39 is 12.0 Å². The molecule has 1 aromatic carbocycles. The van der Waals surface area contributed by atoms with Gasteiger partial charge in [0.25, 0.3) is 0 Å². The van der Waals surface area contributed by atoms with Gasteiger partial charge in [-0.25, -0.2) is 4.79 Å². The molecule has 0 spiro atoms. The third-order valence-electron chi connectivity index (χ3n) is 3.69. The van der Waals surface area contributed by atoms with Crippen molar-refractivity contribution in [2.24, 2.45) is 4.99 Å². The second kappa shape index (κ2) is 6.93. The number of amidine groups is 1. The molecule has 6 heteroatoms. The Bertz CT molecular complexity index is 809. The van der Waals surface area contributed by atoms with Crippen LogP contribution in [0.5, 0.6) is 0 Å². The quantitative estimate of drug-likeness (QED) is 0.855. The van der Waals surface area contributed by atoms with Gasteiger partial charge in [-0.05, 0) is 32.0 Å². The fourth-order valence-corrected chi connectivity index (χ4v) is 2.85. The molecule has 1 N–H and O–H groups in total. The summed E-state index contributed by atoms with van der Waals surface area (Å²) >= 11 is 6.34. The van der Waals surface area contributed by atoms with Gasteiger partial charge in [-0.3, -0.25) is 4.99 Å². The summed E-state index contributed by atoms with van der Waals surface area (Å²) in [4.78, 5) is 17.1. The molecule has 5 nitrogen and oxygen atoms in total. The maximum Gasteiger partial charge on any atom is 0.338 e. The second-order valence-electron chi connectivity index (χ2n) is 5.26. The Labute approximate surface area is 145 Å². The van der Waals surface area contributed by atoms with Crippen LogP contribution in [0.3, 0.4) is 0 Å². The predicted molar refractivity (Wildman–Crippen MR) is 91.9 cm³/mol. The predicted octanol–water partition coefficient (Wildman–Crippen LogP) is 3.86. The fraction of sp³-hybridized carbons (Fsp3) is 0.222. The number of hydrogen-bond donors (Lipinski definition) is 1. The van der Waals surface area contributed by atoms with Gasteiger partial charge < -0.3 is 14.5 Å². The molecule has 1 aliphatic rings. The number of carbonyl (C=O) groups is 1. The minimum absolute atomic E-state index is 0.291. The third kappa shape index (κ3) is 3.08. The molecule has 124 valence electrons. The molecule has 0 saturated carbocycles. The Morgan fingerprint density at radius 3 is 2.79 bits per heavy atom. The number of benzene rings is 1. The molecular formula is C18H17ClN2O3. The summed E-state index contributed by atoms with van der Waals surface area (Å²) in [5, 5.41) is 3.66. The Hall–Kier alpha value is -2.53. The minimum Gasteiger partial charge on any atom is -0.463 e. The molecule has 1 atom stereocenters. The van der Waals surface area contributed by atoms with Crippen LogP contribution in [0.4, 0.5) is 0 Å². The standard InChI is InChI=1S/C18H17ClN2O3/c1-3-23-18(22)15-11(2)20-17(14-9-6-10-24-14)21-16(15)12-7-4-5-8-13(12)19/h4-10,16H,3H2,1-2H3,(H,20,21). The lowest BCUT2D eigenvalue weighted by Gasteiger charge is -2.25. The normalized spacial score (nSPS) is 17.3. The molecule has 0 saturated heterocycles. The molecule has 0 radical (unpaired) electrons. The van der Waals surface area contributed by atoms with Gasteiger partial charge >= 0.3 is 5.97 Å². The van der Waals surface area contributed by atoms with E-state index >= 15 is 0 Å². The number of halogens is 1. The van der Waals surface area contributed by atoms with Crippen molar-refractivity contribution in [3.63, 3.8) is 0 Å². The van der Waals surface area contributed by atoms with Crippen molar-refractivity contribution < 1.29 is 13.9 Å². The summed E-state index contributed by atoms with van der Waals surface area (Å²) in [6, 6.07) is 10.4. The largest absolute Gasteiger partial charge is 0.463 e. The van der Waals surface area contributed by atoms with Crippen LogP contribution < -0.4 is 5.32 Å². The highest BCUT2D eigenvalue weighted by Crippen LogP contribution is 2.35. The van der Waals surface area contributed by atoms with Crippen molar-refractivity contribution in [2.45, 2.75) is 19.9 Å². The highest BCUT2D eigenvalue weighted by atomic mass is 35.5. The van der Waals surface area contributed by atoms with E-state index in [1.54, 1.807) is 31.4 Å². The monoisotopic (exact) mass is 344 g/mol. The zero-order valence-corrected chi connectivity index (χ0v) is 14.1. The van der Waals surface area contributed by atoms with Crippen LogP contribution in [0.2, 0.25) is 5.02 Å². The van der Waals surface area contributed by atoms with Gasteiger partial charge in [0.2, 0.25) is 0 Å². The molecule has 24 heavy (non-hydrogen) atoms. The number of furan rings is 1. The van der Waals surface area contributed by atoms with Gasteiger partial charge in [0.05, 0.1) is 18.4 Å². The summed E-state index contributed by atoms with van der Waals surface area (Å²) in [6.07, 6.45) is 1.57. The number of nitrogens with one attached hydrogen (secondary N) is 1. The van der Waals surface area contributed by atoms with E-state index in [1.807, 2.05) is 25.1 Å². The first-order valence-corrected chi connectivity index (χ1v) is 8.00. The van der Waals surface area contributed by atoms with E-state index in [9.17, 15) is 4.79 Å². The lowest BCUT2D eigenvalue weighted by molar-refractivity contribution is -0.138. The molecule has 1 aromatic heterocycles. The summed E-state index contributed by atoms with van der Waals surface area (Å²) in [6.45, 7) is 3.87. The van der Waals surface area contributed by atoms with Crippen molar-refractivity contribution in [1.29, 1.82) is 0 Å². The number of rotatable bonds is 4. The van der Waals surface area contributed by atoms with Crippen molar-refractivity contribution in [3.8, 4) is 0 Å². The maximum atomic E-state index is 12.4. The summed E-state index contributed by atoms with van der Waals surface area (Å²) in [5.74, 6) is 0.736. The molecule has 2 heterocycles. The third-order valence-corrected chi connectivity index (χ3v) is 4.04. The molecule has 0 amide bonds. The van der Waals surface area contributed by atoms with Crippen LogP contribution in [0.15, 0.2) is 63.3 Å². The van der Waals surface area contributed by atoms with E-state index in [0.29, 0.717) is 34.5 Å². The van der Waals surface area contributed by atoms with Crippen LogP contribution in [0, 0.1) is 0 Å². The zero-order chi connectivity index (χ0) is 17.1. The molecular weight excluding hydrogens is 328 g/mol. The van der Waals surface area contributed by atoms with Gasteiger partial charge in [-0.1, -0.05) is 29.8 Å². The number of carbonyl (C=O) groups excluding carboxylic acids is 1. The lowest BCUT2D eigenvalue weighted by atomic mass is 9.96. The van der Waals surface area contributed by atoms with Gasteiger partial charge in [0, 0.05) is 16.3 Å². The Balaban J connectivity index is 2.10. The Kier molecular flexibility index (Phi) is 4.71. The summed E-state index contributed by atoms with van der Waals surface area (Å²) < 4.78 is 10.6. The van der Waals surface area contributed by atoms with Crippen molar-refractivity contribution >= 4 is 23.4 Å². The molecule has 2 aromatic rings. The topological polar surface area (TPSA) is 63.8 Å². The molecule has 1 unspecified atom stereocenters. The maximum absolute atomic E-state index is 12.4. The fourth-order valence-electron chi connectivity index (χ4n) is 2.61. The number of hydrogen-bond acceptors (Lipinski definition) is 5. The van der Waals surface area contributed by atoms with E-state index in [0.717, 1.165) is 5.56 Å².